The van der Waals surface area contributed by atoms with Crippen molar-refractivity contribution in [2.24, 2.45) is 0 Å². The van der Waals surface area contributed by atoms with Crippen LogP contribution in [0.2, 0.25) is 0 Å². The van der Waals surface area contributed by atoms with Gasteiger partial charge in [0.1, 0.15) is 0 Å². The third-order valence-electron chi connectivity index (χ3n) is 2.41. The number of carbonyl (C=O) groups is 1. The molecule has 0 saturated heterocycles. The van der Waals surface area contributed by atoms with Crippen LogP contribution in [0.3, 0.4) is 0 Å². The van der Waals surface area contributed by atoms with E-state index in [2.05, 4.69) is 15.5 Å². The summed E-state index contributed by atoms with van der Waals surface area (Å²) in [4.78, 5) is 21.8. The molecule has 2 rings (SSSR count). The maximum Gasteiger partial charge on any atom is 0.269 e. The van der Waals surface area contributed by atoms with Crippen LogP contribution in [0, 0.1) is 17.0 Å². The number of aromatic nitrogens is 2. The number of hydrogen-bond donors (Lipinski definition) is 2. The van der Waals surface area contributed by atoms with Gasteiger partial charge >= 0.3 is 0 Å². The van der Waals surface area contributed by atoms with Gasteiger partial charge in [-0.25, -0.2) is 0 Å². The summed E-state index contributed by atoms with van der Waals surface area (Å²) in [7, 11) is 0. The highest BCUT2D eigenvalue weighted by molar-refractivity contribution is 6.04. The number of nitro benzene ring substituents is 1. The van der Waals surface area contributed by atoms with Crippen molar-refractivity contribution < 1.29 is 9.72 Å². The number of nitrogens with one attached hydrogen (secondary N) is 2. The van der Waals surface area contributed by atoms with Crippen LogP contribution in [0.25, 0.3) is 0 Å². The van der Waals surface area contributed by atoms with E-state index < -0.39 is 4.92 Å². The predicted molar refractivity (Wildman–Crippen MR) is 64.4 cm³/mol. The molecule has 18 heavy (non-hydrogen) atoms. The standard InChI is InChI=1S/C11H10N4O3/c1-7-10(6-12-14-7)11(16)13-8-2-4-9(5-3-8)15(17)18/h2-6H,1H3,(H,12,14)(H,13,16). The van der Waals surface area contributed by atoms with Crippen LogP contribution >= 0.6 is 0 Å². The molecule has 1 amide bonds. The second-order valence-electron chi connectivity index (χ2n) is 3.67. The molecule has 7 heteroatoms. The van der Waals surface area contributed by atoms with Crippen molar-refractivity contribution in [2.45, 2.75) is 6.92 Å². The van der Waals surface area contributed by atoms with E-state index in [1.165, 1.54) is 30.5 Å². The summed E-state index contributed by atoms with van der Waals surface area (Å²) < 4.78 is 0. The number of nitro groups is 1. The van der Waals surface area contributed by atoms with Crippen LogP contribution < -0.4 is 5.32 Å². The molecule has 92 valence electrons. The quantitative estimate of drug-likeness (QED) is 0.637. The lowest BCUT2D eigenvalue weighted by Gasteiger charge is -2.03. The van der Waals surface area contributed by atoms with Crippen LogP contribution in [0.5, 0.6) is 0 Å². The Morgan fingerprint density at radius 1 is 1.39 bits per heavy atom. The molecule has 0 saturated carbocycles. The SMILES string of the molecule is Cc1[nH]ncc1C(=O)Nc1ccc([N+](=O)[O-])cc1. The normalized spacial score (nSPS) is 10.1. The fourth-order valence-corrected chi connectivity index (χ4v) is 1.44. The van der Waals surface area contributed by atoms with Gasteiger partial charge in [-0.3, -0.25) is 20.0 Å². The number of aromatic amines is 1. The van der Waals surface area contributed by atoms with Crippen molar-refractivity contribution in [1.29, 1.82) is 0 Å². The number of carbonyl (C=O) groups excluding carboxylic acids is 1. The van der Waals surface area contributed by atoms with E-state index in [0.717, 1.165) is 0 Å². The summed E-state index contributed by atoms with van der Waals surface area (Å²) in [5, 5.41) is 19.5. The number of non-ortho nitro benzene ring substituents is 1. The Morgan fingerprint density at radius 3 is 2.56 bits per heavy atom. The molecular formula is C11H10N4O3. The van der Waals surface area contributed by atoms with Crippen molar-refractivity contribution in [2.75, 3.05) is 5.32 Å². The molecule has 0 unspecified atom stereocenters. The zero-order valence-corrected chi connectivity index (χ0v) is 9.51. The van der Waals surface area contributed by atoms with Gasteiger partial charge in [-0.1, -0.05) is 0 Å². The van der Waals surface area contributed by atoms with Gasteiger partial charge in [-0.05, 0) is 19.1 Å². The molecule has 0 atom stereocenters. The Labute approximate surface area is 102 Å². The molecule has 0 spiro atoms. The smallest absolute Gasteiger partial charge is 0.269 e. The molecule has 0 bridgehead atoms. The van der Waals surface area contributed by atoms with Gasteiger partial charge in [0, 0.05) is 23.5 Å². The molecule has 0 fully saturated rings. The Kier molecular flexibility index (Phi) is 3.05. The maximum absolute atomic E-state index is 11.8. The van der Waals surface area contributed by atoms with E-state index >= 15 is 0 Å². The number of benzene rings is 1. The number of H-pyrrole nitrogens is 1. The molecule has 2 N–H and O–H groups in total. The molecule has 0 aliphatic carbocycles. The Morgan fingerprint density at radius 2 is 2.06 bits per heavy atom. The number of hydrogen-bond acceptors (Lipinski definition) is 4. The van der Waals surface area contributed by atoms with Gasteiger partial charge in [-0.15, -0.1) is 0 Å². The average molecular weight is 246 g/mol. The molecule has 0 radical (unpaired) electrons. The number of aryl methyl sites for hydroxylation is 1. The molecule has 1 aromatic heterocycles. The maximum atomic E-state index is 11.8. The lowest BCUT2D eigenvalue weighted by Crippen LogP contribution is -2.12. The summed E-state index contributed by atoms with van der Waals surface area (Å²) >= 11 is 0. The fraction of sp³-hybridized carbons (Fsp3) is 0.0909. The van der Waals surface area contributed by atoms with E-state index in [1.807, 2.05) is 0 Å². The van der Waals surface area contributed by atoms with Crippen molar-refractivity contribution >= 4 is 17.3 Å². The molecule has 0 aliphatic heterocycles. The highest BCUT2D eigenvalue weighted by atomic mass is 16.6. The second kappa shape index (κ2) is 4.66. The van der Waals surface area contributed by atoms with E-state index in [0.29, 0.717) is 16.9 Å². The molecule has 2 aromatic rings. The van der Waals surface area contributed by atoms with Crippen LogP contribution in [-0.2, 0) is 0 Å². The first-order valence-electron chi connectivity index (χ1n) is 5.13. The van der Waals surface area contributed by atoms with Gasteiger partial charge in [0.25, 0.3) is 11.6 Å². The van der Waals surface area contributed by atoms with Crippen LogP contribution in [0.15, 0.2) is 30.5 Å². The van der Waals surface area contributed by atoms with Crippen LogP contribution in [0.4, 0.5) is 11.4 Å². The topological polar surface area (TPSA) is 101 Å². The largest absolute Gasteiger partial charge is 0.322 e. The monoisotopic (exact) mass is 246 g/mol. The van der Waals surface area contributed by atoms with Gasteiger partial charge in [0.15, 0.2) is 0 Å². The minimum Gasteiger partial charge on any atom is -0.322 e. The van der Waals surface area contributed by atoms with Crippen LogP contribution in [0.1, 0.15) is 16.1 Å². The molecule has 1 heterocycles. The van der Waals surface area contributed by atoms with Crippen molar-refractivity contribution in [3.8, 4) is 0 Å². The minimum atomic E-state index is -0.494. The zero-order chi connectivity index (χ0) is 13.1. The number of anilines is 1. The lowest BCUT2D eigenvalue weighted by molar-refractivity contribution is -0.384. The van der Waals surface area contributed by atoms with E-state index in [1.54, 1.807) is 6.92 Å². The fourth-order valence-electron chi connectivity index (χ4n) is 1.44. The molecular weight excluding hydrogens is 236 g/mol. The van der Waals surface area contributed by atoms with E-state index in [9.17, 15) is 14.9 Å². The summed E-state index contributed by atoms with van der Waals surface area (Å²) in [6.07, 6.45) is 1.43. The number of rotatable bonds is 3. The second-order valence-corrected chi connectivity index (χ2v) is 3.67. The van der Waals surface area contributed by atoms with Gasteiger partial charge in [0.05, 0.1) is 16.7 Å². The summed E-state index contributed by atoms with van der Waals surface area (Å²) in [6, 6.07) is 5.62. The van der Waals surface area contributed by atoms with E-state index in [-0.39, 0.29) is 11.6 Å². The average Bonchev–Trinajstić information content (AvgIpc) is 2.76. The molecule has 1 aromatic carbocycles. The van der Waals surface area contributed by atoms with Gasteiger partial charge in [0.2, 0.25) is 0 Å². The van der Waals surface area contributed by atoms with Crippen molar-refractivity contribution in [3.05, 3.63) is 51.8 Å². The Bertz CT molecular complexity index is 589. The highest BCUT2D eigenvalue weighted by Gasteiger charge is 2.11. The zero-order valence-electron chi connectivity index (χ0n) is 9.51. The predicted octanol–water partition coefficient (Wildman–Crippen LogP) is 1.88. The van der Waals surface area contributed by atoms with Crippen LogP contribution in [-0.4, -0.2) is 21.0 Å². The Hall–Kier alpha value is -2.70. The summed E-state index contributed by atoms with van der Waals surface area (Å²) in [5.41, 5.74) is 1.57. The van der Waals surface area contributed by atoms with E-state index in [4.69, 9.17) is 0 Å². The van der Waals surface area contributed by atoms with Crippen molar-refractivity contribution in [3.63, 3.8) is 0 Å². The summed E-state index contributed by atoms with van der Waals surface area (Å²) in [6.45, 7) is 1.73. The number of nitrogens with zero attached hydrogens (tertiary/aromatic N) is 2. The first-order chi connectivity index (χ1) is 8.58. The third-order valence-corrected chi connectivity index (χ3v) is 2.41. The van der Waals surface area contributed by atoms with Gasteiger partial charge in [-0.2, -0.15) is 5.10 Å². The lowest BCUT2D eigenvalue weighted by atomic mass is 10.2. The minimum absolute atomic E-state index is 0.0208. The summed E-state index contributed by atoms with van der Waals surface area (Å²) in [5.74, 6) is -0.310. The third kappa shape index (κ3) is 2.34. The molecule has 7 nitrogen and oxygen atoms in total. The van der Waals surface area contributed by atoms with Gasteiger partial charge < -0.3 is 5.32 Å². The Balaban J connectivity index is 2.13. The first kappa shape index (κ1) is 11.8. The number of amides is 1. The highest BCUT2D eigenvalue weighted by Crippen LogP contribution is 2.16. The van der Waals surface area contributed by atoms with Crippen molar-refractivity contribution in [1.82, 2.24) is 10.2 Å². The first-order valence-corrected chi connectivity index (χ1v) is 5.13. The molecule has 0 aliphatic rings.